The first-order chi connectivity index (χ1) is 4.58. The molecule has 2 nitrogen and oxygen atoms in total. The molecular weight excluding hydrogens is 146 g/mol. The molecule has 1 heterocycles. The molecule has 0 spiro atoms. The van der Waals surface area contributed by atoms with Crippen molar-refractivity contribution in [2.24, 2.45) is 0 Å². The lowest BCUT2D eigenvalue weighted by Gasteiger charge is -2.17. The van der Waals surface area contributed by atoms with Crippen molar-refractivity contribution < 1.29 is 4.74 Å². The molecule has 0 unspecified atom stereocenters. The third-order valence-corrected chi connectivity index (χ3v) is 2.80. The second kappa shape index (κ2) is 2.46. The van der Waals surface area contributed by atoms with Crippen LogP contribution < -0.4 is 0 Å². The highest BCUT2D eigenvalue weighted by molar-refractivity contribution is 8.13. The predicted octanol–water partition coefficient (Wildman–Crippen LogP) is 1.83. The average Bonchev–Trinajstić information content (AvgIpc) is 2.10. The summed E-state index contributed by atoms with van der Waals surface area (Å²) in [5, 5.41) is 12.3. The van der Waals surface area contributed by atoms with Crippen molar-refractivity contribution in [2.45, 2.75) is 32.2 Å². The Labute approximate surface area is 65.9 Å². The van der Waals surface area contributed by atoms with E-state index in [4.69, 9.17) is 0 Å². The molecule has 1 aliphatic heterocycles. The zero-order valence-electron chi connectivity index (χ0n) is 6.68. The summed E-state index contributed by atoms with van der Waals surface area (Å²) in [7, 11) is 0. The van der Waals surface area contributed by atoms with Crippen LogP contribution in [0.4, 0.5) is 0 Å². The van der Waals surface area contributed by atoms with E-state index in [0.717, 1.165) is 22.6 Å². The van der Waals surface area contributed by atoms with Crippen LogP contribution in [0.2, 0.25) is 0 Å². The molecule has 0 aliphatic carbocycles. The Kier molecular flexibility index (Phi) is 1.95. The molecule has 0 saturated carbocycles. The lowest BCUT2D eigenvalue weighted by Crippen LogP contribution is -2.28. The van der Waals surface area contributed by atoms with Gasteiger partial charge >= 0.3 is 0 Å². The van der Waals surface area contributed by atoms with E-state index < -0.39 is 0 Å². The molecule has 0 aromatic carbocycles. The molecule has 3 heteroatoms. The lowest BCUT2D eigenvalue weighted by molar-refractivity contribution is -0.528. The summed E-state index contributed by atoms with van der Waals surface area (Å²) >= 11 is 1.57. The average molecular weight is 159 g/mol. The highest BCUT2D eigenvalue weighted by Crippen LogP contribution is 2.26. The quantitative estimate of drug-likeness (QED) is 0.398. The van der Waals surface area contributed by atoms with Crippen molar-refractivity contribution in [2.75, 3.05) is 6.26 Å². The molecule has 0 saturated heterocycles. The largest absolute Gasteiger partial charge is 0.623 e. The summed E-state index contributed by atoms with van der Waals surface area (Å²) in [6.45, 7) is 3.98. The van der Waals surface area contributed by atoms with Gasteiger partial charge in [-0.25, -0.2) is 0 Å². The highest BCUT2D eigenvalue weighted by Gasteiger charge is 2.35. The van der Waals surface area contributed by atoms with Gasteiger partial charge in [0.1, 0.15) is 0 Å². The van der Waals surface area contributed by atoms with Crippen LogP contribution in [0.1, 0.15) is 26.7 Å². The molecule has 0 atom stereocenters. The molecular formula is C7H13NOS. The minimum Gasteiger partial charge on any atom is -0.623 e. The SMILES string of the molecule is CSC1=[N+]([O-])C(C)(C)CC1. The Hall–Kier alpha value is -0.180. The van der Waals surface area contributed by atoms with E-state index in [1.165, 1.54) is 0 Å². The van der Waals surface area contributed by atoms with Gasteiger partial charge in [0.25, 0.3) is 0 Å². The molecule has 58 valence electrons. The van der Waals surface area contributed by atoms with Gasteiger partial charge in [0.05, 0.1) is 0 Å². The number of hydrogen-bond donors (Lipinski definition) is 0. The summed E-state index contributed by atoms with van der Waals surface area (Å²) in [5.74, 6) is 0. The zero-order valence-corrected chi connectivity index (χ0v) is 7.49. The van der Waals surface area contributed by atoms with Crippen LogP contribution in [-0.2, 0) is 0 Å². The molecule has 0 bridgehead atoms. The summed E-state index contributed by atoms with van der Waals surface area (Å²) in [6.07, 6.45) is 3.91. The Morgan fingerprint density at radius 2 is 2.20 bits per heavy atom. The Morgan fingerprint density at radius 3 is 2.40 bits per heavy atom. The topological polar surface area (TPSA) is 26.1 Å². The molecule has 10 heavy (non-hydrogen) atoms. The van der Waals surface area contributed by atoms with Crippen molar-refractivity contribution in [3.63, 3.8) is 0 Å². The van der Waals surface area contributed by atoms with Gasteiger partial charge in [-0.1, -0.05) is 11.8 Å². The molecule has 0 amide bonds. The van der Waals surface area contributed by atoms with Gasteiger partial charge in [-0.2, -0.15) is 4.74 Å². The Balaban J connectivity index is 2.84. The third-order valence-electron chi connectivity index (χ3n) is 1.96. The molecule has 0 radical (unpaired) electrons. The van der Waals surface area contributed by atoms with Gasteiger partial charge in [0.15, 0.2) is 5.54 Å². The van der Waals surface area contributed by atoms with Crippen molar-refractivity contribution in [1.82, 2.24) is 0 Å². The van der Waals surface area contributed by atoms with Gasteiger partial charge in [0, 0.05) is 26.7 Å². The van der Waals surface area contributed by atoms with Crippen LogP contribution in [0, 0.1) is 5.21 Å². The van der Waals surface area contributed by atoms with Gasteiger partial charge in [-0.3, -0.25) is 0 Å². The maximum absolute atomic E-state index is 11.3. The molecule has 0 N–H and O–H groups in total. The minimum atomic E-state index is -0.154. The molecule has 1 aliphatic rings. The van der Waals surface area contributed by atoms with E-state index >= 15 is 0 Å². The first-order valence-electron chi connectivity index (χ1n) is 3.45. The normalized spacial score (nSPS) is 23.9. The second-order valence-corrected chi connectivity index (χ2v) is 4.08. The number of hydroxylamine groups is 1. The van der Waals surface area contributed by atoms with Crippen molar-refractivity contribution in [1.29, 1.82) is 0 Å². The monoisotopic (exact) mass is 159 g/mol. The van der Waals surface area contributed by atoms with Crippen LogP contribution in [0.15, 0.2) is 0 Å². The smallest absolute Gasteiger partial charge is 0.222 e. The Bertz CT molecular complexity index is 174. The van der Waals surface area contributed by atoms with Gasteiger partial charge < -0.3 is 5.21 Å². The summed E-state index contributed by atoms with van der Waals surface area (Å²) < 4.78 is 1.15. The first kappa shape index (κ1) is 7.92. The number of thioether (sulfide) groups is 1. The van der Waals surface area contributed by atoms with Gasteiger partial charge in [-0.05, 0) is 6.26 Å². The van der Waals surface area contributed by atoms with E-state index in [9.17, 15) is 5.21 Å². The first-order valence-corrected chi connectivity index (χ1v) is 4.67. The number of nitrogens with zero attached hydrogens (tertiary/aromatic N) is 1. The van der Waals surface area contributed by atoms with Crippen LogP contribution in [0.5, 0.6) is 0 Å². The van der Waals surface area contributed by atoms with E-state index in [-0.39, 0.29) is 5.54 Å². The van der Waals surface area contributed by atoms with Crippen LogP contribution in [-0.4, -0.2) is 21.6 Å². The predicted molar refractivity (Wildman–Crippen MR) is 45.5 cm³/mol. The number of hydrogen-bond acceptors (Lipinski definition) is 2. The van der Waals surface area contributed by atoms with E-state index in [2.05, 4.69) is 0 Å². The van der Waals surface area contributed by atoms with Crippen LogP contribution in [0.3, 0.4) is 0 Å². The van der Waals surface area contributed by atoms with Crippen LogP contribution in [0.25, 0.3) is 0 Å². The molecule has 1 rings (SSSR count). The number of rotatable bonds is 0. The van der Waals surface area contributed by atoms with Gasteiger partial charge in [-0.15, -0.1) is 0 Å². The second-order valence-electron chi connectivity index (χ2n) is 3.20. The van der Waals surface area contributed by atoms with E-state index in [0.29, 0.717) is 0 Å². The van der Waals surface area contributed by atoms with Crippen molar-refractivity contribution in [3.05, 3.63) is 5.21 Å². The molecule has 0 aromatic heterocycles. The lowest BCUT2D eigenvalue weighted by atomic mass is 10.0. The third kappa shape index (κ3) is 1.15. The fourth-order valence-corrected chi connectivity index (χ4v) is 1.86. The fraction of sp³-hybridized carbons (Fsp3) is 0.857. The maximum atomic E-state index is 11.3. The fourth-order valence-electron chi connectivity index (χ4n) is 1.14. The maximum Gasteiger partial charge on any atom is 0.222 e. The van der Waals surface area contributed by atoms with Crippen molar-refractivity contribution >= 4 is 16.8 Å². The zero-order chi connectivity index (χ0) is 7.78. The molecule has 0 aromatic rings. The van der Waals surface area contributed by atoms with Gasteiger partial charge in [0.2, 0.25) is 5.04 Å². The Morgan fingerprint density at radius 1 is 1.60 bits per heavy atom. The van der Waals surface area contributed by atoms with Crippen LogP contribution >= 0.6 is 11.8 Å². The minimum absolute atomic E-state index is 0.154. The summed E-state index contributed by atoms with van der Waals surface area (Å²) in [5.41, 5.74) is -0.154. The summed E-state index contributed by atoms with van der Waals surface area (Å²) in [4.78, 5) is 0. The van der Waals surface area contributed by atoms with E-state index in [1.54, 1.807) is 11.8 Å². The highest BCUT2D eigenvalue weighted by atomic mass is 32.2. The van der Waals surface area contributed by atoms with Crippen molar-refractivity contribution in [3.8, 4) is 0 Å². The summed E-state index contributed by atoms with van der Waals surface area (Å²) in [6, 6.07) is 0. The standard InChI is InChI=1S/C7H13NOS/c1-7(2)5-4-6(10-3)8(7)9/h4-5H2,1-3H3. The van der Waals surface area contributed by atoms with E-state index in [1.807, 2.05) is 20.1 Å². The molecule has 0 fully saturated rings.